The van der Waals surface area contributed by atoms with E-state index in [0.29, 0.717) is 18.1 Å². The number of halogens is 1. The van der Waals surface area contributed by atoms with Gasteiger partial charge in [-0.25, -0.2) is 13.1 Å². The lowest BCUT2D eigenvalue weighted by Gasteiger charge is -2.20. The van der Waals surface area contributed by atoms with Gasteiger partial charge in [-0.2, -0.15) is 0 Å². The van der Waals surface area contributed by atoms with Gasteiger partial charge in [-0.05, 0) is 24.6 Å². The van der Waals surface area contributed by atoms with E-state index in [9.17, 15) is 13.2 Å². The average Bonchev–Trinajstić information content (AvgIpc) is 2.42. The zero-order valence-corrected chi connectivity index (χ0v) is 13.9. The molecule has 0 radical (unpaired) electrons. The van der Waals surface area contributed by atoms with Crippen LogP contribution in [0.3, 0.4) is 0 Å². The Morgan fingerprint density at radius 3 is 2.62 bits per heavy atom. The fourth-order valence-corrected chi connectivity index (χ4v) is 3.13. The molecule has 0 saturated heterocycles. The second-order valence-electron chi connectivity index (χ2n) is 4.71. The maximum atomic E-state index is 12.1. The van der Waals surface area contributed by atoms with Crippen molar-refractivity contribution >= 4 is 27.5 Å². The first kappa shape index (κ1) is 17.9. The van der Waals surface area contributed by atoms with Crippen LogP contribution < -0.4 is 4.72 Å². The molecule has 21 heavy (non-hydrogen) atoms. The van der Waals surface area contributed by atoms with Gasteiger partial charge in [0, 0.05) is 31.6 Å². The van der Waals surface area contributed by atoms with E-state index in [1.54, 1.807) is 17.0 Å². The Bertz CT molecular complexity index is 575. The van der Waals surface area contributed by atoms with E-state index in [0.717, 1.165) is 12.8 Å². The van der Waals surface area contributed by atoms with Crippen molar-refractivity contribution in [2.75, 3.05) is 19.6 Å². The molecule has 5 nitrogen and oxygen atoms in total. The quantitative estimate of drug-likeness (QED) is 0.794. The molecule has 0 heterocycles. The summed E-state index contributed by atoms with van der Waals surface area (Å²) < 4.78 is 26.6. The van der Waals surface area contributed by atoms with Crippen LogP contribution in [0.1, 0.15) is 26.7 Å². The standard InChI is InChI=1S/C14H21ClN2O3S/c1-3-4-9-17(12(2)18)10-8-16-21(19,20)14-7-5-6-13(15)11-14/h5-7,11,16H,3-4,8-10H2,1-2H3. The van der Waals surface area contributed by atoms with Crippen molar-refractivity contribution < 1.29 is 13.2 Å². The van der Waals surface area contributed by atoms with E-state index in [-0.39, 0.29) is 17.3 Å². The van der Waals surface area contributed by atoms with Gasteiger partial charge in [0.15, 0.2) is 0 Å². The summed E-state index contributed by atoms with van der Waals surface area (Å²) >= 11 is 5.79. The molecule has 1 N–H and O–H groups in total. The normalized spacial score (nSPS) is 11.4. The third-order valence-corrected chi connectivity index (χ3v) is 4.70. The van der Waals surface area contributed by atoms with Crippen molar-refractivity contribution in [3.05, 3.63) is 29.3 Å². The van der Waals surface area contributed by atoms with Crippen LogP contribution in [0.5, 0.6) is 0 Å². The van der Waals surface area contributed by atoms with E-state index in [4.69, 9.17) is 11.6 Å². The molecule has 0 aromatic heterocycles. The third-order valence-electron chi connectivity index (χ3n) is 3.01. The Morgan fingerprint density at radius 2 is 2.05 bits per heavy atom. The van der Waals surface area contributed by atoms with Crippen LogP contribution in [0.15, 0.2) is 29.2 Å². The molecule has 0 unspecified atom stereocenters. The van der Waals surface area contributed by atoms with Crippen molar-refractivity contribution in [2.45, 2.75) is 31.6 Å². The maximum absolute atomic E-state index is 12.1. The van der Waals surface area contributed by atoms with Crippen molar-refractivity contribution in [3.8, 4) is 0 Å². The summed E-state index contributed by atoms with van der Waals surface area (Å²) in [6.07, 6.45) is 1.89. The molecular weight excluding hydrogens is 312 g/mol. The largest absolute Gasteiger partial charge is 0.342 e. The topological polar surface area (TPSA) is 66.5 Å². The number of rotatable bonds is 8. The molecule has 0 aliphatic rings. The van der Waals surface area contributed by atoms with Gasteiger partial charge in [0.25, 0.3) is 0 Å². The summed E-state index contributed by atoms with van der Waals surface area (Å²) in [4.78, 5) is 13.2. The Hall–Kier alpha value is -1.11. The first-order chi connectivity index (χ1) is 9.86. The predicted octanol–water partition coefficient (Wildman–Crippen LogP) is 2.27. The van der Waals surface area contributed by atoms with Crippen molar-refractivity contribution in [3.63, 3.8) is 0 Å². The van der Waals surface area contributed by atoms with E-state index in [2.05, 4.69) is 4.72 Å². The molecule has 0 bridgehead atoms. The first-order valence-electron chi connectivity index (χ1n) is 6.87. The molecule has 0 atom stereocenters. The smallest absolute Gasteiger partial charge is 0.240 e. The highest BCUT2D eigenvalue weighted by molar-refractivity contribution is 7.89. The highest BCUT2D eigenvalue weighted by Gasteiger charge is 2.15. The van der Waals surface area contributed by atoms with Gasteiger partial charge in [-0.15, -0.1) is 0 Å². The molecule has 0 spiro atoms. The fourth-order valence-electron chi connectivity index (χ4n) is 1.81. The fraction of sp³-hybridized carbons (Fsp3) is 0.500. The number of sulfonamides is 1. The number of nitrogens with one attached hydrogen (secondary N) is 1. The molecule has 0 saturated carbocycles. The number of carbonyl (C=O) groups is 1. The number of carbonyl (C=O) groups excluding carboxylic acids is 1. The minimum absolute atomic E-state index is 0.0506. The van der Waals surface area contributed by atoms with Crippen LogP contribution in [0, 0.1) is 0 Å². The highest BCUT2D eigenvalue weighted by Crippen LogP contribution is 2.14. The summed E-state index contributed by atoms with van der Waals surface area (Å²) in [5.74, 6) is -0.0506. The molecule has 1 amide bonds. The maximum Gasteiger partial charge on any atom is 0.240 e. The lowest BCUT2D eigenvalue weighted by Crippen LogP contribution is -2.38. The summed E-state index contributed by atoms with van der Waals surface area (Å²) in [6.45, 7) is 4.71. The number of benzene rings is 1. The molecule has 7 heteroatoms. The van der Waals surface area contributed by atoms with E-state index in [1.807, 2.05) is 6.92 Å². The third kappa shape index (κ3) is 6.03. The second kappa shape index (κ2) is 8.36. The van der Waals surface area contributed by atoms with Crippen molar-refractivity contribution in [2.24, 2.45) is 0 Å². The Balaban J connectivity index is 2.59. The minimum Gasteiger partial charge on any atom is -0.342 e. The summed E-state index contributed by atoms with van der Waals surface area (Å²) in [5, 5.41) is 0.367. The van der Waals surface area contributed by atoms with E-state index < -0.39 is 10.0 Å². The molecule has 0 fully saturated rings. The van der Waals surface area contributed by atoms with Crippen LogP contribution in [0.25, 0.3) is 0 Å². The molecule has 1 aromatic carbocycles. The number of hydrogen-bond acceptors (Lipinski definition) is 3. The summed E-state index contributed by atoms with van der Waals surface area (Å²) in [7, 11) is -3.60. The van der Waals surface area contributed by atoms with Crippen LogP contribution in [-0.4, -0.2) is 38.9 Å². The molecule has 0 aliphatic carbocycles. The van der Waals surface area contributed by atoms with Crippen LogP contribution >= 0.6 is 11.6 Å². The molecule has 1 rings (SSSR count). The van der Waals surface area contributed by atoms with Gasteiger partial charge in [0.1, 0.15) is 0 Å². The predicted molar refractivity (Wildman–Crippen MR) is 83.8 cm³/mol. The average molecular weight is 333 g/mol. The number of amides is 1. The van der Waals surface area contributed by atoms with Gasteiger partial charge in [-0.3, -0.25) is 4.79 Å². The van der Waals surface area contributed by atoms with Crippen molar-refractivity contribution in [1.82, 2.24) is 9.62 Å². The van der Waals surface area contributed by atoms with Gasteiger partial charge in [0.2, 0.25) is 15.9 Å². The van der Waals surface area contributed by atoms with Gasteiger partial charge in [0.05, 0.1) is 4.90 Å². The Kier molecular flexibility index (Phi) is 7.14. The molecule has 1 aromatic rings. The zero-order valence-electron chi connectivity index (χ0n) is 12.3. The zero-order chi connectivity index (χ0) is 15.9. The Labute approximate surface area is 131 Å². The van der Waals surface area contributed by atoms with Crippen LogP contribution in [0.2, 0.25) is 5.02 Å². The van der Waals surface area contributed by atoms with Crippen LogP contribution in [-0.2, 0) is 14.8 Å². The Morgan fingerprint density at radius 1 is 1.33 bits per heavy atom. The van der Waals surface area contributed by atoms with E-state index in [1.165, 1.54) is 19.1 Å². The summed E-state index contributed by atoms with van der Waals surface area (Å²) in [5.41, 5.74) is 0. The minimum atomic E-state index is -3.60. The van der Waals surface area contributed by atoms with Gasteiger partial charge < -0.3 is 4.90 Å². The lowest BCUT2D eigenvalue weighted by atomic mass is 10.3. The monoisotopic (exact) mass is 332 g/mol. The van der Waals surface area contributed by atoms with Gasteiger partial charge >= 0.3 is 0 Å². The number of unbranched alkanes of at least 4 members (excludes halogenated alkanes) is 1. The SMILES string of the molecule is CCCCN(CCNS(=O)(=O)c1cccc(Cl)c1)C(C)=O. The summed E-state index contributed by atoms with van der Waals surface area (Å²) in [6, 6.07) is 6.07. The first-order valence-corrected chi connectivity index (χ1v) is 8.73. The second-order valence-corrected chi connectivity index (χ2v) is 6.92. The van der Waals surface area contributed by atoms with Gasteiger partial charge in [-0.1, -0.05) is 31.0 Å². The number of nitrogens with zero attached hydrogens (tertiary/aromatic N) is 1. The molecule has 0 aliphatic heterocycles. The van der Waals surface area contributed by atoms with Crippen LogP contribution in [0.4, 0.5) is 0 Å². The number of hydrogen-bond donors (Lipinski definition) is 1. The lowest BCUT2D eigenvalue weighted by molar-refractivity contribution is -0.128. The molecular formula is C14H21ClN2O3S. The van der Waals surface area contributed by atoms with E-state index >= 15 is 0 Å². The van der Waals surface area contributed by atoms with Crippen molar-refractivity contribution in [1.29, 1.82) is 0 Å². The molecule has 118 valence electrons. The highest BCUT2D eigenvalue weighted by atomic mass is 35.5.